The summed E-state index contributed by atoms with van der Waals surface area (Å²) in [5, 5.41) is 24.3. The summed E-state index contributed by atoms with van der Waals surface area (Å²) in [5.74, 6) is 0. The van der Waals surface area contributed by atoms with Crippen LogP contribution >= 0.6 is 0 Å². The summed E-state index contributed by atoms with van der Waals surface area (Å²) >= 11 is 0. The second-order valence-corrected chi connectivity index (χ2v) is 4.53. The maximum Gasteiger partial charge on any atom is 0.321 e. The number of aliphatic hydroxyl groups is 1. The molecule has 2 amide bonds. The van der Waals surface area contributed by atoms with Crippen LogP contribution in [0.2, 0.25) is 0 Å². The average molecular weight is 260 g/mol. The lowest BCUT2D eigenvalue weighted by Crippen LogP contribution is -2.46. The Balaban J connectivity index is 2.02. The van der Waals surface area contributed by atoms with E-state index in [0.717, 1.165) is 0 Å². The first-order valence-electron chi connectivity index (χ1n) is 6.04. The molecule has 1 fully saturated rings. The molecule has 0 spiro atoms. The van der Waals surface area contributed by atoms with E-state index in [1.165, 1.54) is 4.90 Å². The molecular weight excluding hydrogens is 244 g/mol. The van der Waals surface area contributed by atoms with Crippen LogP contribution in [0, 0.1) is 11.3 Å². The number of nitrogens with one attached hydrogen (secondary N) is 2. The van der Waals surface area contributed by atoms with E-state index < -0.39 is 6.10 Å². The molecule has 1 aromatic carbocycles. The number of carbonyl (C=O) groups excluding carboxylic acids is 1. The first-order chi connectivity index (χ1) is 9.11. The molecule has 2 rings (SSSR count). The summed E-state index contributed by atoms with van der Waals surface area (Å²) in [6.07, 6.45) is -0.554. The maximum absolute atomic E-state index is 12.0. The van der Waals surface area contributed by atoms with Gasteiger partial charge in [-0.1, -0.05) is 6.07 Å². The fourth-order valence-electron chi connectivity index (χ4n) is 2.07. The minimum atomic E-state index is -0.554. The first kappa shape index (κ1) is 13.3. The maximum atomic E-state index is 12.0. The summed E-state index contributed by atoms with van der Waals surface area (Å²) in [5.41, 5.74) is 1.05. The highest BCUT2D eigenvalue weighted by Crippen LogP contribution is 2.13. The molecule has 19 heavy (non-hydrogen) atoms. The van der Waals surface area contributed by atoms with Gasteiger partial charge >= 0.3 is 6.03 Å². The van der Waals surface area contributed by atoms with Crippen LogP contribution in [0.4, 0.5) is 10.5 Å². The lowest BCUT2D eigenvalue weighted by molar-refractivity contribution is 0.115. The van der Waals surface area contributed by atoms with E-state index in [-0.39, 0.29) is 12.1 Å². The van der Waals surface area contributed by atoms with Crippen LogP contribution < -0.4 is 10.6 Å². The highest BCUT2D eigenvalue weighted by atomic mass is 16.3. The van der Waals surface area contributed by atoms with E-state index in [4.69, 9.17) is 5.26 Å². The number of carbonyl (C=O) groups is 1. The van der Waals surface area contributed by atoms with E-state index in [0.29, 0.717) is 24.3 Å². The number of likely N-dealkylation sites (N-methyl/N-ethyl adjacent to an activating group) is 1. The summed E-state index contributed by atoms with van der Waals surface area (Å²) in [6, 6.07) is 8.18. The zero-order valence-corrected chi connectivity index (χ0v) is 10.6. The summed E-state index contributed by atoms with van der Waals surface area (Å²) in [6.45, 7) is 1.07. The van der Waals surface area contributed by atoms with Crippen LogP contribution in [0.15, 0.2) is 24.3 Å². The van der Waals surface area contributed by atoms with Gasteiger partial charge in [0.15, 0.2) is 0 Å². The van der Waals surface area contributed by atoms with Crippen LogP contribution in [0.1, 0.15) is 5.56 Å². The summed E-state index contributed by atoms with van der Waals surface area (Å²) in [7, 11) is 1.64. The van der Waals surface area contributed by atoms with Gasteiger partial charge in [-0.25, -0.2) is 4.79 Å². The number of aliphatic hydroxyl groups excluding tert-OH is 1. The van der Waals surface area contributed by atoms with Gasteiger partial charge in [0.25, 0.3) is 0 Å². The molecule has 2 atom stereocenters. The molecule has 3 N–H and O–H groups in total. The number of nitrogens with zero attached hydrogens (tertiary/aromatic N) is 2. The molecule has 0 unspecified atom stereocenters. The molecule has 0 radical (unpaired) electrons. The largest absolute Gasteiger partial charge is 0.390 e. The molecule has 100 valence electrons. The molecule has 0 bridgehead atoms. The van der Waals surface area contributed by atoms with E-state index in [9.17, 15) is 9.90 Å². The van der Waals surface area contributed by atoms with Crippen LogP contribution in [0.3, 0.4) is 0 Å². The predicted octanol–water partition coefficient (Wildman–Crippen LogP) is 0.355. The fourth-order valence-corrected chi connectivity index (χ4v) is 2.07. The topological polar surface area (TPSA) is 88.4 Å². The van der Waals surface area contributed by atoms with Gasteiger partial charge < -0.3 is 20.6 Å². The fraction of sp³-hybridized carbons (Fsp3) is 0.385. The zero-order chi connectivity index (χ0) is 13.8. The van der Waals surface area contributed by atoms with Crippen molar-refractivity contribution in [3.05, 3.63) is 29.8 Å². The molecule has 1 aliphatic rings. The van der Waals surface area contributed by atoms with E-state index in [2.05, 4.69) is 10.6 Å². The molecule has 0 saturated carbocycles. The quantitative estimate of drug-likeness (QED) is 0.716. The molecule has 1 aromatic rings. The van der Waals surface area contributed by atoms with Crippen molar-refractivity contribution in [2.45, 2.75) is 12.1 Å². The third kappa shape index (κ3) is 3.02. The van der Waals surface area contributed by atoms with Gasteiger partial charge in [0, 0.05) is 25.8 Å². The molecule has 1 heterocycles. The molecular formula is C13H16N4O2. The Labute approximate surface area is 111 Å². The molecule has 1 saturated heterocycles. The highest BCUT2D eigenvalue weighted by molar-refractivity contribution is 5.89. The first-order valence-corrected chi connectivity index (χ1v) is 6.04. The lowest BCUT2D eigenvalue weighted by atomic mass is 10.2. The number of nitriles is 1. The van der Waals surface area contributed by atoms with Crippen molar-refractivity contribution < 1.29 is 9.90 Å². The third-order valence-corrected chi connectivity index (χ3v) is 3.21. The Hall–Kier alpha value is -2.10. The van der Waals surface area contributed by atoms with E-state index >= 15 is 0 Å². The minimum Gasteiger partial charge on any atom is -0.390 e. The van der Waals surface area contributed by atoms with Crippen LogP contribution in [-0.4, -0.2) is 48.3 Å². The van der Waals surface area contributed by atoms with Gasteiger partial charge in [0.1, 0.15) is 0 Å². The Kier molecular flexibility index (Phi) is 4.00. The highest BCUT2D eigenvalue weighted by Gasteiger charge is 2.31. The number of amides is 2. The second-order valence-electron chi connectivity index (χ2n) is 4.53. The Morgan fingerprint density at radius 1 is 1.58 bits per heavy atom. The van der Waals surface area contributed by atoms with E-state index in [1.807, 2.05) is 6.07 Å². The number of hydrogen-bond acceptors (Lipinski definition) is 4. The van der Waals surface area contributed by atoms with Gasteiger partial charge in [-0.05, 0) is 18.2 Å². The smallest absolute Gasteiger partial charge is 0.321 e. The van der Waals surface area contributed by atoms with Crippen molar-refractivity contribution in [2.75, 3.05) is 25.5 Å². The van der Waals surface area contributed by atoms with Crippen molar-refractivity contribution in [3.63, 3.8) is 0 Å². The Morgan fingerprint density at radius 3 is 3.00 bits per heavy atom. The SMILES string of the molecule is CN(C(=O)Nc1cccc(C#N)c1)[C@@H]1CNC[C@H]1O. The number of hydrogen-bond donors (Lipinski definition) is 3. The number of urea groups is 1. The normalized spacial score (nSPS) is 21.7. The Bertz CT molecular complexity index is 512. The number of benzene rings is 1. The number of β-amino-alcohol motifs (C(OH)–C–C–N with tert-alkyl or cyclic N) is 1. The average Bonchev–Trinajstić information content (AvgIpc) is 2.84. The van der Waals surface area contributed by atoms with Gasteiger partial charge in [-0.3, -0.25) is 0 Å². The number of rotatable bonds is 2. The second kappa shape index (κ2) is 5.69. The van der Waals surface area contributed by atoms with Gasteiger partial charge in [0.05, 0.1) is 23.8 Å². The van der Waals surface area contributed by atoms with Crippen LogP contribution in [-0.2, 0) is 0 Å². The van der Waals surface area contributed by atoms with Crippen molar-refractivity contribution in [3.8, 4) is 6.07 Å². The predicted molar refractivity (Wildman–Crippen MR) is 70.6 cm³/mol. The van der Waals surface area contributed by atoms with Crippen molar-refractivity contribution in [2.24, 2.45) is 0 Å². The molecule has 0 aliphatic carbocycles. The molecule has 6 heteroatoms. The minimum absolute atomic E-state index is 0.237. The van der Waals surface area contributed by atoms with Crippen LogP contribution in [0.25, 0.3) is 0 Å². The molecule has 1 aliphatic heterocycles. The zero-order valence-electron chi connectivity index (χ0n) is 10.6. The van der Waals surface area contributed by atoms with Gasteiger partial charge in [-0.15, -0.1) is 0 Å². The number of anilines is 1. The summed E-state index contributed by atoms with van der Waals surface area (Å²) < 4.78 is 0. The monoisotopic (exact) mass is 260 g/mol. The molecule has 0 aromatic heterocycles. The third-order valence-electron chi connectivity index (χ3n) is 3.21. The standard InChI is InChI=1S/C13H16N4O2/c1-17(11-7-15-8-12(11)18)13(19)16-10-4-2-3-9(5-10)6-14/h2-5,11-12,15,18H,7-8H2,1H3,(H,16,19)/t11-,12-/m1/s1. The van der Waals surface area contributed by atoms with Crippen molar-refractivity contribution in [1.82, 2.24) is 10.2 Å². The summed E-state index contributed by atoms with van der Waals surface area (Å²) in [4.78, 5) is 13.5. The van der Waals surface area contributed by atoms with Gasteiger partial charge in [0.2, 0.25) is 0 Å². The van der Waals surface area contributed by atoms with Gasteiger partial charge in [-0.2, -0.15) is 5.26 Å². The molecule has 6 nitrogen and oxygen atoms in total. The van der Waals surface area contributed by atoms with Crippen molar-refractivity contribution >= 4 is 11.7 Å². The van der Waals surface area contributed by atoms with E-state index in [1.54, 1.807) is 31.3 Å². The lowest BCUT2D eigenvalue weighted by Gasteiger charge is -2.26. The Morgan fingerprint density at radius 2 is 2.37 bits per heavy atom. The van der Waals surface area contributed by atoms with Crippen molar-refractivity contribution in [1.29, 1.82) is 5.26 Å². The van der Waals surface area contributed by atoms with Crippen LogP contribution in [0.5, 0.6) is 0 Å².